The van der Waals surface area contributed by atoms with Crippen LogP contribution < -0.4 is 4.72 Å². The van der Waals surface area contributed by atoms with Gasteiger partial charge in [-0.3, -0.25) is 4.79 Å². The molecule has 152 valence electrons. The van der Waals surface area contributed by atoms with Crippen molar-refractivity contribution in [2.24, 2.45) is 5.92 Å². The summed E-state index contributed by atoms with van der Waals surface area (Å²) in [5.41, 5.74) is 0.131. The second kappa shape index (κ2) is 9.35. The summed E-state index contributed by atoms with van der Waals surface area (Å²) in [7, 11) is -2.71. The van der Waals surface area contributed by atoms with Crippen LogP contribution in [0.3, 0.4) is 0 Å². The summed E-state index contributed by atoms with van der Waals surface area (Å²) in [5, 5.41) is 0. The van der Waals surface area contributed by atoms with E-state index >= 15 is 0 Å². The molecule has 0 saturated carbocycles. The van der Waals surface area contributed by atoms with Crippen molar-refractivity contribution >= 4 is 37.9 Å². The van der Waals surface area contributed by atoms with Crippen molar-refractivity contribution in [2.45, 2.75) is 31.4 Å². The third-order valence-electron chi connectivity index (χ3n) is 3.82. The van der Waals surface area contributed by atoms with E-state index in [1.54, 1.807) is 26.0 Å². The molecule has 2 rings (SSSR count). The number of furan rings is 1. The summed E-state index contributed by atoms with van der Waals surface area (Å²) >= 11 is 3.24. The van der Waals surface area contributed by atoms with Crippen LogP contribution in [-0.2, 0) is 30.9 Å². The van der Waals surface area contributed by atoms with Gasteiger partial charge in [-0.05, 0) is 36.2 Å². The molecular weight excluding hydrogens is 454 g/mol. The zero-order valence-corrected chi connectivity index (χ0v) is 17.9. The molecule has 10 heteroatoms. The van der Waals surface area contributed by atoms with Crippen molar-refractivity contribution in [3.63, 3.8) is 0 Å². The summed E-state index contributed by atoms with van der Waals surface area (Å²) in [6.07, 6.45) is 1.27. The first-order valence-electron chi connectivity index (χ1n) is 8.25. The lowest BCUT2D eigenvalue weighted by Gasteiger charge is -2.20. The number of halogens is 1. The van der Waals surface area contributed by atoms with E-state index in [4.69, 9.17) is 9.15 Å². The number of rotatable bonds is 8. The van der Waals surface area contributed by atoms with E-state index in [0.717, 1.165) is 4.47 Å². The number of esters is 2. The quantitative estimate of drug-likeness (QED) is 0.586. The van der Waals surface area contributed by atoms with Gasteiger partial charge in [0.2, 0.25) is 10.0 Å². The molecular formula is C18H20BrNO7S. The van der Waals surface area contributed by atoms with Gasteiger partial charge in [-0.15, -0.1) is 0 Å². The van der Waals surface area contributed by atoms with Gasteiger partial charge in [0, 0.05) is 4.47 Å². The molecule has 0 fully saturated rings. The van der Waals surface area contributed by atoms with Crippen LogP contribution in [0.4, 0.5) is 0 Å². The molecule has 1 aromatic heterocycles. The van der Waals surface area contributed by atoms with Crippen LogP contribution in [0.15, 0.2) is 50.4 Å². The van der Waals surface area contributed by atoms with Crippen molar-refractivity contribution in [3.8, 4) is 0 Å². The summed E-state index contributed by atoms with van der Waals surface area (Å²) in [6, 6.07) is 6.28. The first-order valence-corrected chi connectivity index (χ1v) is 10.5. The number of carbonyl (C=O) groups excluding carboxylic acids is 2. The molecule has 0 aliphatic heterocycles. The molecule has 0 aliphatic carbocycles. The molecule has 0 aliphatic rings. The molecule has 1 aromatic carbocycles. The largest absolute Gasteiger partial charge is 0.465 e. The first-order chi connectivity index (χ1) is 13.2. The number of sulfonamides is 1. The Bertz CT molecular complexity index is 935. The predicted molar refractivity (Wildman–Crippen MR) is 103 cm³/mol. The first kappa shape index (κ1) is 22.1. The molecule has 1 N–H and O–H groups in total. The Morgan fingerprint density at radius 1 is 1.18 bits per heavy atom. The van der Waals surface area contributed by atoms with E-state index < -0.39 is 28.0 Å². The third kappa shape index (κ3) is 5.43. The van der Waals surface area contributed by atoms with Crippen LogP contribution in [0.1, 0.15) is 30.0 Å². The number of nitrogens with one attached hydrogen (secondary N) is 1. The molecule has 8 nitrogen and oxygen atoms in total. The molecule has 2 aromatic rings. The maximum atomic E-state index is 12.6. The normalized spacial score (nSPS) is 12.6. The van der Waals surface area contributed by atoms with Gasteiger partial charge in [0.05, 0.1) is 18.3 Å². The summed E-state index contributed by atoms with van der Waals surface area (Å²) in [6.45, 7) is 3.03. The Morgan fingerprint density at radius 2 is 1.82 bits per heavy atom. The maximum Gasteiger partial charge on any atom is 0.341 e. The van der Waals surface area contributed by atoms with E-state index in [9.17, 15) is 18.0 Å². The molecule has 0 spiro atoms. The Hall–Kier alpha value is -2.17. The molecule has 0 amide bonds. The van der Waals surface area contributed by atoms with Crippen LogP contribution in [0.5, 0.6) is 0 Å². The molecule has 0 saturated heterocycles. The Morgan fingerprint density at radius 3 is 2.39 bits per heavy atom. The minimum atomic E-state index is -3.93. The maximum absolute atomic E-state index is 12.6. The predicted octanol–water partition coefficient (Wildman–Crippen LogP) is 2.88. The summed E-state index contributed by atoms with van der Waals surface area (Å²) < 4.78 is 43.1. The van der Waals surface area contributed by atoms with E-state index in [1.165, 1.54) is 31.6 Å². The van der Waals surface area contributed by atoms with Crippen molar-refractivity contribution in [2.75, 3.05) is 7.11 Å². The Labute approximate surface area is 171 Å². The number of methoxy groups -OCH3 is 1. The van der Waals surface area contributed by atoms with Gasteiger partial charge in [0.25, 0.3) is 0 Å². The topological polar surface area (TPSA) is 112 Å². The number of carbonyl (C=O) groups is 2. The highest BCUT2D eigenvalue weighted by molar-refractivity contribution is 9.10. The highest BCUT2D eigenvalue weighted by Gasteiger charge is 2.30. The monoisotopic (exact) mass is 473 g/mol. The lowest BCUT2D eigenvalue weighted by Crippen LogP contribution is -2.45. The second-order valence-electron chi connectivity index (χ2n) is 6.15. The van der Waals surface area contributed by atoms with E-state index in [0.29, 0.717) is 0 Å². The lowest BCUT2D eigenvalue weighted by atomic mass is 10.1. The third-order valence-corrected chi connectivity index (χ3v) is 5.81. The Kier molecular flexibility index (Phi) is 7.39. The van der Waals surface area contributed by atoms with Gasteiger partial charge in [-0.2, -0.15) is 4.72 Å². The average molecular weight is 474 g/mol. The molecule has 0 radical (unpaired) electrons. The highest BCUT2D eigenvalue weighted by atomic mass is 79.9. The highest BCUT2D eigenvalue weighted by Crippen LogP contribution is 2.18. The SMILES string of the molecule is COC(=O)c1ccoc1COC(=O)[C@@H](NS(=O)(=O)c1ccc(Br)cc1)C(C)C. The van der Waals surface area contributed by atoms with Crippen molar-refractivity contribution in [3.05, 3.63) is 52.4 Å². The van der Waals surface area contributed by atoms with Gasteiger partial charge in [0.1, 0.15) is 18.2 Å². The van der Waals surface area contributed by atoms with Crippen LogP contribution in [0.25, 0.3) is 0 Å². The summed E-state index contributed by atoms with van der Waals surface area (Å²) in [4.78, 5) is 24.1. The van der Waals surface area contributed by atoms with Crippen LogP contribution in [0.2, 0.25) is 0 Å². The minimum absolute atomic E-state index is 0.0214. The molecule has 0 unspecified atom stereocenters. The summed E-state index contributed by atoms with van der Waals surface area (Å²) in [5.74, 6) is -1.69. The van der Waals surface area contributed by atoms with Crippen LogP contribution in [-0.4, -0.2) is 33.5 Å². The Balaban J connectivity index is 2.11. The van der Waals surface area contributed by atoms with Gasteiger partial charge in [0.15, 0.2) is 5.76 Å². The number of ether oxygens (including phenoxy) is 2. The molecule has 0 bridgehead atoms. The van der Waals surface area contributed by atoms with E-state index in [1.807, 2.05) is 0 Å². The smallest absolute Gasteiger partial charge is 0.341 e. The van der Waals surface area contributed by atoms with E-state index in [-0.39, 0.29) is 28.7 Å². The molecule has 28 heavy (non-hydrogen) atoms. The van der Waals surface area contributed by atoms with Crippen molar-refractivity contribution in [1.29, 1.82) is 0 Å². The van der Waals surface area contributed by atoms with Gasteiger partial charge in [-0.1, -0.05) is 29.8 Å². The fourth-order valence-electron chi connectivity index (χ4n) is 2.28. The fourth-order valence-corrected chi connectivity index (χ4v) is 3.87. The van der Waals surface area contributed by atoms with Crippen molar-refractivity contribution in [1.82, 2.24) is 4.72 Å². The van der Waals surface area contributed by atoms with Gasteiger partial charge in [-0.25, -0.2) is 13.2 Å². The van der Waals surface area contributed by atoms with Crippen LogP contribution in [0, 0.1) is 5.92 Å². The van der Waals surface area contributed by atoms with Crippen LogP contribution >= 0.6 is 15.9 Å². The molecule has 1 atom stereocenters. The minimum Gasteiger partial charge on any atom is -0.465 e. The number of benzene rings is 1. The lowest BCUT2D eigenvalue weighted by molar-refractivity contribution is -0.148. The van der Waals surface area contributed by atoms with Gasteiger partial charge < -0.3 is 13.9 Å². The number of hydrogen-bond donors (Lipinski definition) is 1. The average Bonchev–Trinajstić information content (AvgIpc) is 3.12. The molecule has 1 heterocycles. The zero-order valence-electron chi connectivity index (χ0n) is 15.5. The van der Waals surface area contributed by atoms with E-state index in [2.05, 4.69) is 25.4 Å². The second-order valence-corrected chi connectivity index (χ2v) is 8.78. The zero-order chi connectivity index (χ0) is 20.9. The fraction of sp³-hybridized carbons (Fsp3) is 0.333. The van der Waals surface area contributed by atoms with Gasteiger partial charge >= 0.3 is 11.9 Å². The standard InChI is InChI=1S/C18H20BrNO7S/c1-11(2)16(20-28(23,24)13-6-4-12(19)5-7-13)18(22)27-10-15-14(8-9-26-15)17(21)25-3/h4-9,11,16,20H,10H2,1-3H3/t16-/m0/s1. The van der Waals surface area contributed by atoms with Crippen molar-refractivity contribution < 1.29 is 31.9 Å². The number of hydrogen-bond acceptors (Lipinski definition) is 7.